The number of benzene rings is 1. The van der Waals surface area contributed by atoms with Crippen LogP contribution in [0.4, 0.5) is 0 Å². The van der Waals surface area contributed by atoms with Crippen LogP contribution in [0, 0.1) is 0 Å². The summed E-state index contributed by atoms with van der Waals surface area (Å²) in [5.74, 6) is 0. The summed E-state index contributed by atoms with van der Waals surface area (Å²) in [6.07, 6.45) is 4.21. The highest BCUT2D eigenvalue weighted by Gasteiger charge is 2.46. The van der Waals surface area contributed by atoms with Gasteiger partial charge in [0.15, 0.2) is 0 Å². The lowest BCUT2D eigenvalue weighted by molar-refractivity contribution is -0.0977. The molecule has 3 rings (SSSR count). The summed E-state index contributed by atoms with van der Waals surface area (Å²) in [6, 6.07) is 8.77. The Kier molecular flexibility index (Phi) is 2.95. The average molecular weight is 265 g/mol. The lowest BCUT2D eigenvalue weighted by atomic mass is 9.65. The van der Waals surface area contributed by atoms with Crippen molar-refractivity contribution in [3.8, 4) is 0 Å². The van der Waals surface area contributed by atoms with Crippen LogP contribution in [0.3, 0.4) is 0 Å². The number of alkyl halides is 1. The van der Waals surface area contributed by atoms with Crippen molar-refractivity contribution in [1.29, 1.82) is 0 Å². The third-order valence-electron chi connectivity index (χ3n) is 4.66. The van der Waals surface area contributed by atoms with Gasteiger partial charge in [-0.05, 0) is 42.2 Å². The van der Waals surface area contributed by atoms with E-state index in [0.717, 1.165) is 25.9 Å². The van der Waals surface area contributed by atoms with E-state index in [1.807, 2.05) is 0 Å². The molecule has 1 aromatic rings. The largest absolute Gasteiger partial charge is 0.370 e. The molecule has 1 aromatic carbocycles. The molecule has 1 aliphatic heterocycles. The van der Waals surface area contributed by atoms with Crippen molar-refractivity contribution in [3.63, 3.8) is 0 Å². The Morgan fingerprint density at radius 2 is 1.89 bits per heavy atom. The Hall–Kier alpha value is -0.530. The smallest absolute Gasteiger partial charge is 0.0948 e. The summed E-state index contributed by atoms with van der Waals surface area (Å²) >= 11 is 6.40. The van der Waals surface area contributed by atoms with Gasteiger partial charge in [-0.3, -0.25) is 0 Å². The van der Waals surface area contributed by atoms with Gasteiger partial charge in [-0.2, -0.15) is 0 Å². The fourth-order valence-electron chi connectivity index (χ4n) is 3.52. The van der Waals surface area contributed by atoms with E-state index >= 15 is 0 Å². The van der Waals surface area contributed by atoms with Crippen molar-refractivity contribution < 1.29 is 4.74 Å². The number of fused-ring (bicyclic) bond motifs is 2. The van der Waals surface area contributed by atoms with E-state index in [2.05, 4.69) is 38.1 Å². The number of halogens is 1. The van der Waals surface area contributed by atoms with Gasteiger partial charge in [-0.15, -0.1) is 11.6 Å². The fourth-order valence-corrected chi connectivity index (χ4v) is 3.86. The SMILES string of the molecule is CC1(C)CCC2(CC(Cl)CCO2)c2ccccc21. The topological polar surface area (TPSA) is 9.23 Å². The highest BCUT2D eigenvalue weighted by atomic mass is 35.5. The molecule has 0 saturated carbocycles. The molecule has 1 heterocycles. The van der Waals surface area contributed by atoms with Crippen LogP contribution in [0.5, 0.6) is 0 Å². The van der Waals surface area contributed by atoms with Crippen LogP contribution in [0.2, 0.25) is 0 Å². The molecule has 0 bridgehead atoms. The van der Waals surface area contributed by atoms with Crippen LogP contribution in [0.15, 0.2) is 24.3 Å². The maximum Gasteiger partial charge on any atom is 0.0948 e. The lowest BCUT2D eigenvalue weighted by Crippen LogP contribution is -2.44. The molecule has 0 radical (unpaired) electrons. The minimum atomic E-state index is -0.114. The summed E-state index contributed by atoms with van der Waals surface area (Å²) in [5, 5.41) is 0.257. The van der Waals surface area contributed by atoms with Crippen molar-refractivity contribution in [1.82, 2.24) is 0 Å². The zero-order valence-electron chi connectivity index (χ0n) is 11.2. The highest BCUT2D eigenvalue weighted by Crippen LogP contribution is 2.50. The van der Waals surface area contributed by atoms with Gasteiger partial charge in [0, 0.05) is 12.0 Å². The fraction of sp³-hybridized carbons (Fsp3) is 0.625. The molecule has 0 aromatic heterocycles. The molecule has 0 amide bonds. The molecule has 1 nitrogen and oxygen atoms in total. The van der Waals surface area contributed by atoms with Crippen LogP contribution >= 0.6 is 11.6 Å². The maximum atomic E-state index is 6.40. The number of hydrogen-bond acceptors (Lipinski definition) is 1. The van der Waals surface area contributed by atoms with Gasteiger partial charge >= 0.3 is 0 Å². The Labute approximate surface area is 114 Å². The van der Waals surface area contributed by atoms with Crippen molar-refractivity contribution in [3.05, 3.63) is 35.4 Å². The second-order valence-electron chi connectivity index (χ2n) is 6.36. The van der Waals surface area contributed by atoms with Crippen LogP contribution in [-0.2, 0) is 15.8 Å². The summed E-state index contributed by atoms with van der Waals surface area (Å²) in [4.78, 5) is 0. The first-order valence-corrected chi connectivity index (χ1v) is 7.35. The van der Waals surface area contributed by atoms with Crippen molar-refractivity contribution in [2.45, 2.75) is 55.9 Å². The Morgan fingerprint density at radius 3 is 2.61 bits per heavy atom. The van der Waals surface area contributed by atoms with Gasteiger partial charge in [-0.25, -0.2) is 0 Å². The van der Waals surface area contributed by atoms with Gasteiger partial charge in [-0.1, -0.05) is 38.1 Å². The van der Waals surface area contributed by atoms with Crippen LogP contribution in [0.1, 0.15) is 50.7 Å². The second-order valence-corrected chi connectivity index (χ2v) is 6.98. The summed E-state index contributed by atoms with van der Waals surface area (Å²) < 4.78 is 6.21. The number of rotatable bonds is 0. The average Bonchev–Trinajstić information content (AvgIpc) is 2.36. The normalized spacial score (nSPS) is 34.3. The maximum absolute atomic E-state index is 6.40. The first-order chi connectivity index (χ1) is 8.54. The van der Waals surface area contributed by atoms with Crippen LogP contribution in [0.25, 0.3) is 0 Å². The summed E-state index contributed by atoms with van der Waals surface area (Å²) in [7, 11) is 0. The van der Waals surface area contributed by atoms with E-state index in [1.165, 1.54) is 17.5 Å². The zero-order valence-corrected chi connectivity index (χ0v) is 12.0. The minimum Gasteiger partial charge on any atom is -0.370 e. The predicted octanol–water partition coefficient (Wildman–Crippen LogP) is 4.37. The molecule has 2 aliphatic rings. The zero-order chi connectivity index (χ0) is 12.8. The van der Waals surface area contributed by atoms with Gasteiger partial charge < -0.3 is 4.74 Å². The molecule has 2 unspecified atom stereocenters. The third kappa shape index (κ3) is 1.88. The monoisotopic (exact) mass is 264 g/mol. The van der Waals surface area contributed by atoms with E-state index in [9.17, 15) is 0 Å². The van der Waals surface area contributed by atoms with Gasteiger partial charge in [0.1, 0.15) is 0 Å². The van der Waals surface area contributed by atoms with Crippen molar-refractivity contribution >= 4 is 11.6 Å². The molecule has 2 heteroatoms. The third-order valence-corrected chi connectivity index (χ3v) is 5.03. The predicted molar refractivity (Wildman–Crippen MR) is 75.2 cm³/mol. The molecule has 1 spiro atoms. The molecule has 98 valence electrons. The first kappa shape index (κ1) is 12.5. The standard InChI is InChI=1S/C16H21ClO/c1-15(2)8-9-16(11-12(17)7-10-18-16)14-6-4-3-5-13(14)15/h3-6,12H,7-11H2,1-2H3. The van der Waals surface area contributed by atoms with E-state index in [1.54, 1.807) is 0 Å². The summed E-state index contributed by atoms with van der Waals surface area (Å²) in [6.45, 7) is 5.46. The molecular weight excluding hydrogens is 244 g/mol. The number of hydrogen-bond donors (Lipinski definition) is 0. The molecular formula is C16H21ClO. The molecule has 1 aliphatic carbocycles. The number of ether oxygens (including phenoxy) is 1. The highest BCUT2D eigenvalue weighted by molar-refractivity contribution is 6.20. The molecule has 1 fully saturated rings. The minimum absolute atomic E-state index is 0.114. The van der Waals surface area contributed by atoms with Crippen LogP contribution in [-0.4, -0.2) is 12.0 Å². The van der Waals surface area contributed by atoms with E-state index in [0.29, 0.717) is 0 Å². The second kappa shape index (κ2) is 4.25. The van der Waals surface area contributed by atoms with Gasteiger partial charge in [0.25, 0.3) is 0 Å². The van der Waals surface area contributed by atoms with Gasteiger partial charge in [0.05, 0.1) is 5.60 Å². The first-order valence-electron chi connectivity index (χ1n) is 6.92. The Balaban J connectivity index is 2.09. The molecule has 0 N–H and O–H groups in total. The Bertz CT molecular complexity index is 454. The quantitative estimate of drug-likeness (QED) is 0.632. The van der Waals surface area contributed by atoms with E-state index in [4.69, 9.17) is 16.3 Å². The Morgan fingerprint density at radius 1 is 1.17 bits per heavy atom. The summed E-state index contributed by atoms with van der Waals surface area (Å²) in [5.41, 5.74) is 2.97. The lowest BCUT2D eigenvalue weighted by Gasteiger charge is -2.48. The van der Waals surface area contributed by atoms with Crippen molar-refractivity contribution in [2.75, 3.05) is 6.61 Å². The van der Waals surface area contributed by atoms with Crippen molar-refractivity contribution in [2.24, 2.45) is 0 Å². The van der Waals surface area contributed by atoms with Gasteiger partial charge in [0.2, 0.25) is 0 Å². The molecule has 18 heavy (non-hydrogen) atoms. The van der Waals surface area contributed by atoms with Crippen LogP contribution < -0.4 is 0 Å². The molecule has 1 saturated heterocycles. The van der Waals surface area contributed by atoms with E-state index in [-0.39, 0.29) is 16.4 Å². The molecule has 2 atom stereocenters. The van der Waals surface area contributed by atoms with E-state index < -0.39 is 0 Å².